The standard InChI is InChI=1S/C11H10BrFN2O2/c12-8-2-1-6(3-9(8)13)11(17)15-7-4-10(16)14-5-7/h1-3,7H,4-5H2,(H,14,16)(H,15,17). The van der Waals surface area contributed by atoms with E-state index >= 15 is 0 Å². The number of hydrogen-bond acceptors (Lipinski definition) is 2. The first-order valence-corrected chi connectivity index (χ1v) is 5.88. The van der Waals surface area contributed by atoms with Gasteiger partial charge in [0.1, 0.15) is 5.82 Å². The van der Waals surface area contributed by atoms with E-state index in [9.17, 15) is 14.0 Å². The summed E-state index contributed by atoms with van der Waals surface area (Å²) in [4.78, 5) is 22.7. The number of benzene rings is 1. The molecule has 6 heteroatoms. The molecule has 2 rings (SSSR count). The van der Waals surface area contributed by atoms with Gasteiger partial charge in [0, 0.05) is 18.5 Å². The minimum atomic E-state index is -0.488. The number of amides is 2. The van der Waals surface area contributed by atoms with Crippen LogP contribution in [0.5, 0.6) is 0 Å². The molecule has 2 N–H and O–H groups in total. The molecule has 17 heavy (non-hydrogen) atoms. The second-order valence-corrected chi connectivity index (χ2v) is 4.66. The van der Waals surface area contributed by atoms with Crippen molar-refractivity contribution in [1.29, 1.82) is 0 Å². The van der Waals surface area contributed by atoms with E-state index in [4.69, 9.17) is 0 Å². The fourth-order valence-corrected chi connectivity index (χ4v) is 1.86. The van der Waals surface area contributed by atoms with Crippen molar-refractivity contribution in [1.82, 2.24) is 10.6 Å². The molecule has 2 amide bonds. The van der Waals surface area contributed by atoms with Crippen molar-refractivity contribution in [3.63, 3.8) is 0 Å². The first kappa shape index (κ1) is 12.0. The van der Waals surface area contributed by atoms with Gasteiger partial charge in [-0.05, 0) is 34.1 Å². The van der Waals surface area contributed by atoms with E-state index in [0.29, 0.717) is 11.0 Å². The molecular formula is C11H10BrFN2O2. The van der Waals surface area contributed by atoms with Crippen molar-refractivity contribution in [2.24, 2.45) is 0 Å². The third kappa shape index (κ3) is 2.82. The smallest absolute Gasteiger partial charge is 0.251 e. The highest BCUT2D eigenvalue weighted by Crippen LogP contribution is 2.16. The Balaban J connectivity index is 2.04. The lowest BCUT2D eigenvalue weighted by Crippen LogP contribution is -2.36. The number of carbonyl (C=O) groups excluding carboxylic acids is 2. The third-order valence-electron chi connectivity index (χ3n) is 2.49. The van der Waals surface area contributed by atoms with Crippen molar-refractivity contribution < 1.29 is 14.0 Å². The molecule has 4 nitrogen and oxygen atoms in total. The van der Waals surface area contributed by atoms with Crippen molar-refractivity contribution in [2.75, 3.05) is 6.54 Å². The Morgan fingerprint density at radius 3 is 2.88 bits per heavy atom. The van der Waals surface area contributed by atoms with E-state index in [0.717, 1.165) is 6.07 Å². The zero-order valence-corrected chi connectivity index (χ0v) is 10.4. The zero-order chi connectivity index (χ0) is 12.4. The number of nitrogens with one attached hydrogen (secondary N) is 2. The molecule has 1 atom stereocenters. The molecule has 0 aliphatic carbocycles. The Kier molecular flexibility index (Phi) is 3.42. The largest absolute Gasteiger partial charge is 0.354 e. The Labute approximate surface area is 106 Å². The molecule has 0 radical (unpaired) electrons. The predicted octanol–water partition coefficient (Wildman–Crippen LogP) is 1.21. The van der Waals surface area contributed by atoms with Gasteiger partial charge in [0.25, 0.3) is 5.91 Å². The van der Waals surface area contributed by atoms with E-state index in [1.165, 1.54) is 12.1 Å². The molecule has 1 fully saturated rings. The summed E-state index contributed by atoms with van der Waals surface area (Å²) in [5.74, 6) is -0.950. The lowest BCUT2D eigenvalue weighted by molar-refractivity contribution is -0.119. The Hall–Kier alpha value is -1.43. The Morgan fingerprint density at radius 2 is 2.29 bits per heavy atom. The van der Waals surface area contributed by atoms with Gasteiger partial charge >= 0.3 is 0 Å². The molecule has 0 bridgehead atoms. The summed E-state index contributed by atoms with van der Waals surface area (Å²) in [5, 5.41) is 5.28. The van der Waals surface area contributed by atoms with E-state index in [2.05, 4.69) is 26.6 Å². The summed E-state index contributed by atoms with van der Waals surface area (Å²) in [7, 11) is 0. The van der Waals surface area contributed by atoms with Crippen LogP contribution in [0, 0.1) is 5.82 Å². The Bertz CT molecular complexity index is 479. The summed E-state index contributed by atoms with van der Waals surface area (Å²) < 4.78 is 13.5. The van der Waals surface area contributed by atoms with Crippen molar-refractivity contribution in [2.45, 2.75) is 12.5 Å². The predicted molar refractivity (Wildman–Crippen MR) is 63.0 cm³/mol. The second kappa shape index (κ2) is 4.83. The SMILES string of the molecule is O=C1CC(NC(=O)c2ccc(Br)c(F)c2)CN1. The lowest BCUT2D eigenvalue weighted by atomic mass is 10.2. The maximum absolute atomic E-state index is 13.2. The first-order valence-electron chi connectivity index (χ1n) is 5.09. The van der Waals surface area contributed by atoms with Crippen LogP contribution in [-0.2, 0) is 4.79 Å². The highest BCUT2D eigenvalue weighted by Gasteiger charge is 2.23. The second-order valence-electron chi connectivity index (χ2n) is 3.81. The minimum Gasteiger partial charge on any atom is -0.354 e. The van der Waals surface area contributed by atoms with Crippen LogP contribution >= 0.6 is 15.9 Å². The number of carbonyl (C=O) groups is 2. The molecule has 1 aromatic carbocycles. The van der Waals surface area contributed by atoms with Gasteiger partial charge in [-0.3, -0.25) is 9.59 Å². The highest BCUT2D eigenvalue weighted by molar-refractivity contribution is 9.10. The van der Waals surface area contributed by atoms with Crippen LogP contribution in [-0.4, -0.2) is 24.4 Å². The quantitative estimate of drug-likeness (QED) is 0.862. The Morgan fingerprint density at radius 1 is 1.53 bits per heavy atom. The van der Waals surface area contributed by atoms with E-state index in [1.54, 1.807) is 0 Å². The van der Waals surface area contributed by atoms with Crippen LogP contribution in [0.15, 0.2) is 22.7 Å². The van der Waals surface area contributed by atoms with Crippen LogP contribution in [0.25, 0.3) is 0 Å². The number of hydrogen-bond donors (Lipinski definition) is 2. The van der Waals surface area contributed by atoms with Crippen molar-refractivity contribution in [3.8, 4) is 0 Å². The molecule has 1 heterocycles. The molecule has 1 aromatic rings. The average Bonchev–Trinajstić information content (AvgIpc) is 2.68. The molecule has 90 valence electrons. The van der Waals surface area contributed by atoms with Crippen LogP contribution < -0.4 is 10.6 Å². The highest BCUT2D eigenvalue weighted by atomic mass is 79.9. The summed E-state index contributed by atoms with van der Waals surface area (Å²) in [6, 6.07) is 3.93. The molecule has 0 saturated carbocycles. The normalized spacial score (nSPS) is 18.9. The van der Waals surface area contributed by atoms with Crippen molar-refractivity contribution in [3.05, 3.63) is 34.1 Å². The lowest BCUT2D eigenvalue weighted by Gasteiger charge is -2.10. The van der Waals surface area contributed by atoms with Gasteiger partial charge in [-0.15, -0.1) is 0 Å². The van der Waals surface area contributed by atoms with Gasteiger partial charge in [-0.25, -0.2) is 4.39 Å². The first-order chi connectivity index (χ1) is 8.06. The molecule has 1 aliphatic heterocycles. The van der Waals surface area contributed by atoms with Gasteiger partial charge in [0.15, 0.2) is 0 Å². The molecule has 1 aliphatic rings. The van der Waals surface area contributed by atoms with Gasteiger partial charge in [0.05, 0.1) is 10.5 Å². The van der Waals surface area contributed by atoms with Crippen LogP contribution in [0.2, 0.25) is 0 Å². The van der Waals surface area contributed by atoms with Crippen LogP contribution in [0.4, 0.5) is 4.39 Å². The maximum atomic E-state index is 13.2. The summed E-state index contributed by atoms with van der Waals surface area (Å²) in [6.45, 7) is 0.420. The number of halogens is 2. The summed E-state index contributed by atoms with van der Waals surface area (Å²) in [6.07, 6.45) is 0.269. The monoisotopic (exact) mass is 300 g/mol. The number of rotatable bonds is 2. The van der Waals surface area contributed by atoms with Crippen LogP contribution in [0.3, 0.4) is 0 Å². The topological polar surface area (TPSA) is 58.2 Å². The molecular weight excluding hydrogens is 291 g/mol. The van der Waals surface area contributed by atoms with E-state index in [-0.39, 0.29) is 29.8 Å². The third-order valence-corrected chi connectivity index (χ3v) is 3.14. The van der Waals surface area contributed by atoms with Gasteiger partial charge in [0.2, 0.25) is 5.91 Å². The fourth-order valence-electron chi connectivity index (χ4n) is 1.61. The van der Waals surface area contributed by atoms with Gasteiger partial charge in [-0.2, -0.15) is 0 Å². The average molecular weight is 301 g/mol. The van der Waals surface area contributed by atoms with Crippen LogP contribution in [0.1, 0.15) is 16.8 Å². The maximum Gasteiger partial charge on any atom is 0.251 e. The molecule has 1 unspecified atom stereocenters. The van der Waals surface area contributed by atoms with Gasteiger partial charge in [-0.1, -0.05) is 0 Å². The molecule has 1 saturated heterocycles. The van der Waals surface area contributed by atoms with E-state index in [1.807, 2.05) is 0 Å². The zero-order valence-electron chi connectivity index (χ0n) is 8.80. The molecule has 0 spiro atoms. The summed E-state index contributed by atoms with van der Waals surface area (Å²) in [5.41, 5.74) is 0.241. The van der Waals surface area contributed by atoms with E-state index < -0.39 is 5.82 Å². The molecule has 0 aromatic heterocycles. The van der Waals surface area contributed by atoms with Gasteiger partial charge < -0.3 is 10.6 Å². The fraction of sp³-hybridized carbons (Fsp3) is 0.273. The summed E-state index contributed by atoms with van der Waals surface area (Å²) >= 11 is 3.01. The van der Waals surface area contributed by atoms with Crippen molar-refractivity contribution >= 4 is 27.7 Å². The minimum absolute atomic E-state index is 0.0858.